The van der Waals surface area contributed by atoms with Gasteiger partial charge in [-0.25, -0.2) is 8.42 Å². The molecule has 0 atom stereocenters. The number of nitrogens with zero attached hydrogens (tertiary/aromatic N) is 1. The van der Waals surface area contributed by atoms with Gasteiger partial charge in [-0.3, -0.25) is 4.79 Å². The summed E-state index contributed by atoms with van der Waals surface area (Å²) in [6.45, 7) is 3.85. The number of carbonyl (C=O) groups excluding carboxylic acids is 1. The zero-order chi connectivity index (χ0) is 17.9. The van der Waals surface area contributed by atoms with Gasteiger partial charge in [0.05, 0.1) is 5.25 Å². The molecule has 0 aliphatic carbocycles. The van der Waals surface area contributed by atoms with Gasteiger partial charge in [-0.1, -0.05) is 13.0 Å². The number of fused-ring (bicyclic) bond motifs is 1. The molecular weight excluding hydrogens is 342 g/mol. The van der Waals surface area contributed by atoms with E-state index in [2.05, 4.69) is 0 Å². The maximum atomic E-state index is 12.4. The molecule has 0 bridgehead atoms. The van der Waals surface area contributed by atoms with Crippen LogP contribution in [-0.2, 0) is 21.1 Å². The van der Waals surface area contributed by atoms with Gasteiger partial charge in [0.2, 0.25) is 5.91 Å². The van der Waals surface area contributed by atoms with Crippen molar-refractivity contribution in [1.82, 2.24) is 4.90 Å². The number of piperidine rings is 1. The second-order valence-electron chi connectivity index (χ2n) is 6.51. The number of ether oxygens (including phenoxy) is 2. The van der Waals surface area contributed by atoms with E-state index in [-0.39, 0.29) is 16.9 Å². The predicted molar refractivity (Wildman–Crippen MR) is 94.8 cm³/mol. The minimum absolute atomic E-state index is 0.0854. The van der Waals surface area contributed by atoms with E-state index in [9.17, 15) is 13.2 Å². The lowest BCUT2D eigenvalue weighted by Crippen LogP contribution is -2.42. The Balaban J connectivity index is 1.50. The van der Waals surface area contributed by atoms with Gasteiger partial charge in [-0.05, 0) is 37.0 Å². The quantitative estimate of drug-likeness (QED) is 0.794. The van der Waals surface area contributed by atoms with E-state index in [4.69, 9.17) is 9.47 Å². The third-order valence-corrected chi connectivity index (χ3v) is 7.23. The molecule has 0 saturated carbocycles. The van der Waals surface area contributed by atoms with Crippen LogP contribution in [0.3, 0.4) is 0 Å². The SMILES string of the molecule is CCS(=O)(=O)C1CCN(C(=O)CCc2ccc3c(c2)OCCO3)CC1. The molecular formula is C18H25NO5S. The van der Waals surface area contributed by atoms with Gasteiger partial charge < -0.3 is 14.4 Å². The summed E-state index contributed by atoms with van der Waals surface area (Å²) in [7, 11) is -3.00. The molecule has 2 aliphatic rings. The van der Waals surface area contributed by atoms with Crippen LogP contribution in [0.5, 0.6) is 11.5 Å². The van der Waals surface area contributed by atoms with Gasteiger partial charge in [0.25, 0.3) is 0 Å². The highest BCUT2D eigenvalue weighted by molar-refractivity contribution is 7.92. The van der Waals surface area contributed by atoms with Crippen LogP contribution < -0.4 is 9.47 Å². The minimum Gasteiger partial charge on any atom is -0.486 e. The lowest BCUT2D eigenvalue weighted by Gasteiger charge is -2.31. The third-order valence-electron chi connectivity index (χ3n) is 4.94. The Morgan fingerprint density at radius 3 is 2.52 bits per heavy atom. The Hall–Kier alpha value is -1.76. The van der Waals surface area contributed by atoms with Crippen molar-refractivity contribution in [3.63, 3.8) is 0 Å². The molecule has 6 nitrogen and oxygen atoms in total. The zero-order valence-corrected chi connectivity index (χ0v) is 15.4. The molecule has 0 aromatic heterocycles. The molecule has 2 aliphatic heterocycles. The van der Waals surface area contributed by atoms with Crippen LogP contribution in [0.2, 0.25) is 0 Å². The average Bonchev–Trinajstić information content (AvgIpc) is 2.66. The van der Waals surface area contributed by atoms with Crippen LogP contribution in [0, 0.1) is 0 Å². The number of amides is 1. The summed E-state index contributed by atoms with van der Waals surface area (Å²) in [5, 5.41) is -0.292. The first-order valence-corrected chi connectivity index (χ1v) is 10.6. The van der Waals surface area contributed by atoms with Crippen molar-refractivity contribution >= 4 is 15.7 Å². The van der Waals surface area contributed by atoms with E-state index in [0.29, 0.717) is 52.0 Å². The van der Waals surface area contributed by atoms with Gasteiger partial charge in [0.15, 0.2) is 21.3 Å². The number of hydrogen-bond acceptors (Lipinski definition) is 5. The van der Waals surface area contributed by atoms with E-state index < -0.39 is 9.84 Å². The standard InChI is InChI=1S/C18H25NO5S/c1-2-25(21,22)15-7-9-19(10-8-15)18(20)6-4-14-3-5-16-17(13-14)24-12-11-23-16/h3,5,13,15H,2,4,6-12H2,1H3. The van der Waals surface area contributed by atoms with E-state index in [0.717, 1.165) is 17.1 Å². The van der Waals surface area contributed by atoms with Crippen LogP contribution in [0.4, 0.5) is 0 Å². The van der Waals surface area contributed by atoms with Crippen molar-refractivity contribution in [2.24, 2.45) is 0 Å². The van der Waals surface area contributed by atoms with E-state index in [1.807, 2.05) is 18.2 Å². The van der Waals surface area contributed by atoms with Gasteiger partial charge in [-0.15, -0.1) is 0 Å². The van der Waals surface area contributed by atoms with Crippen molar-refractivity contribution in [2.45, 2.75) is 37.9 Å². The highest BCUT2D eigenvalue weighted by atomic mass is 32.2. The second-order valence-corrected chi connectivity index (χ2v) is 9.08. The van der Waals surface area contributed by atoms with Crippen LogP contribution in [-0.4, -0.2) is 56.5 Å². The van der Waals surface area contributed by atoms with Crippen molar-refractivity contribution in [2.75, 3.05) is 32.1 Å². The highest BCUT2D eigenvalue weighted by Gasteiger charge is 2.30. The summed E-state index contributed by atoms with van der Waals surface area (Å²) in [4.78, 5) is 14.2. The lowest BCUT2D eigenvalue weighted by atomic mass is 10.1. The second kappa shape index (κ2) is 7.64. The minimum atomic E-state index is -3.00. The number of hydrogen-bond donors (Lipinski definition) is 0. The van der Waals surface area contributed by atoms with E-state index in [1.54, 1.807) is 11.8 Å². The molecule has 138 valence electrons. The molecule has 2 heterocycles. The smallest absolute Gasteiger partial charge is 0.222 e. The molecule has 1 aromatic rings. The number of likely N-dealkylation sites (tertiary alicyclic amines) is 1. The molecule has 1 aromatic carbocycles. The summed E-state index contributed by atoms with van der Waals surface area (Å²) >= 11 is 0. The molecule has 0 spiro atoms. The number of benzene rings is 1. The van der Waals surface area contributed by atoms with Gasteiger partial charge in [0.1, 0.15) is 13.2 Å². The molecule has 3 rings (SSSR count). The van der Waals surface area contributed by atoms with Crippen LogP contribution in [0.15, 0.2) is 18.2 Å². The summed E-state index contributed by atoms with van der Waals surface area (Å²) < 4.78 is 34.9. The first kappa shape index (κ1) is 18.0. The molecule has 1 saturated heterocycles. The number of sulfone groups is 1. The topological polar surface area (TPSA) is 72.9 Å². The first-order chi connectivity index (χ1) is 12.0. The van der Waals surface area contributed by atoms with E-state index >= 15 is 0 Å². The third kappa shape index (κ3) is 4.26. The van der Waals surface area contributed by atoms with Crippen molar-refractivity contribution in [3.8, 4) is 11.5 Å². The maximum Gasteiger partial charge on any atom is 0.222 e. The molecule has 1 fully saturated rings. The Bertz CT molecular complexity index is 723. The Morgan fingerprint density at radius 1 is 1.16 bits per heavy atom. The fourth-order valence-electron chi connectivity index (χ4n) is 3.35. The number of carbonyl (C=O) groups is 1. The molecule has 0 radical (unpaired) electrons. The van der Waals surface area contributed by atoms with Gasteiger partial charge in [0, 0.05) is 25.3 Å². The fraction of sp³-hybridized carbons (Fsp3) is 0.611. The van der Waals surface area contributed by atoms with Gasteiger partial charge >= 0.3 is 0 Å². The summed E-state index contributed by atoms with van der Waals surface area (Å²) in [6.07, 6.45) is 2.16. The van der Waals surface area contributed by atoms with Crippen molar-refractivity contribution < 1.29 is 22.7 Å². The monoisotopic (exact) mass is 367 g/mol. The summed E-state index contributed by atoms with van der Waals surface area (Å²) in [5.41, 5.74) is 1.04. The van der Waals surface area contributed by atoms with Crippen molar-refractivity contribution in [3.05, 3.63) is 23.8 Å². The molecule has 0 unspecified atom stereocenters. The predicted octanol–water partition coefficient (Wildman–Crippen LogP) is 1.82. The van der Waals surface area contributed by atoms with Crippen LogP contribution in [0.1, 0.15) is 31.7 Å². The number of aryl methyl sites for hydroxylation is 1. The molecule has 25 heavy (non-hydrogen) atoms. The summed E-state index contributed by atoms with van der Waals surface area (Å²) in [6, 6.07) is 5.78. The zero-order valence-electron chi connectivity index (χ0n) is 14.6. The number of rotatable bonds is 5. The van der Waals surface area contributed by atoms with E-state index in [1.165, 1.54) is 0 Å². The Morgan fingerprint density at radius 2 is 1.84 bits per heavy atom. The van der Waals surface area contributed by atoms with Crippen LogP contribution in [0.25, 0.3) is 0 Å². The maximum absolute atomic E-state index is 12.4. The fourth-order valence-corrected chi connectivity index (χ4v) is 4.75. The lowest BCUT2D eigenvalue weighted by molar-refractivity contribution is -0.132. The van der Waals surface area contributed by atoms with Gasteiger partial charge in [-0.2, -0.15) is 0 Å². The normalized spacial score (nSPS) is 18.2. The molecule has 7 heteroatoms. The molecule has 0 N–H and O–H groups in total. The van der Waals surface area contributed by atoms with Crippen molar-refractivity contribution in [1.29, 1.82) is 0 Å². The van der Waals surface area contributed by atoms with Crippen LogP contribution >= 0.6 is 0 Å². The largest absolute Gasteiger partial charge is 0.486 e. The highest BCUT2D eigenvalue weighted by Crippen LogP contribution is 2.31. The average molecular weight is 367 g/mol. The Labute approximate surface area is 149 Å². The first-order valence-electron chi connectivity index (χ1n) is 8.87. The summed E-state index contributed by atoms with van der Waals surface area (Å²) in [5.74, 6) is 1.75. The Kier molecular flexibility index (Phi) is 5.51. The molecule has 1 amide bonds.